The summed E-state index contributed by atoms with van der Waals surface area (Å²) in [5.74, 6) is -2.78. The second-order valence-electron chi connectivity index (χ2n) is 3.60. The first kappa shape index (κ1) is 13.4. The lowest BCUT2D eigenvalue weighted by Gasteiger charge is -2.02. The molecule has 1 heterocycles. The maximum atomic E-state index is 11.6. The van der Waals surface area contributed by atoms with Crippen molar-refractivity contribution in [2.24, 2.45) is 5.92 Å². The number of ketones is 2. The highest BCUT2D eigenvalue weighted by Crippen LogP contribution is 2.32. The number of nitrogens with one attached hydrogen (secondary N) is 1. The van der Waals surface area contributed by atoms with Crippen LogP contribution in [-0.2, 0) is 9.59 Å². The number of H-pyrrole nitrogens is 1. The van der Waals surface area contributed by atoms with E-state index in [1.165, 1.54) is 0 Å². The van der Waals surface area contributed by atoms with Crippen molar-refractivity contribution in [1.29, 1.82) is 0 Å². The van der Waals surface area contributed by atoms with Gasteiger partial charge < -0.3 is 0 Å². The molecule has 0 radical (unpaired) electrons. The van der Waals surface area contributed by atoms with E-state index in [-0.39, 0.29) is 5.92 Å². The van der Waals surface area contributed by atoms with Crippen molar-refractivity contribution in [3.05, 3.63) is 18.5 Å². The fraction of sp³-hybridized carbons (Fsp3) is 0.500. The fourth-order valence-electron chi connectivity index (χ4n) is 1.02. The number of rotatable bonds is 3. The van der Waals surface area contributed by atoms with Crippen LogP contribution < -0.4 is 0 Å². The molecule has 17 heavy (non-hydrogen) atoms. The molecule has 2 rings (SSSR count). The number of nitrogens with zero attached hydrogens (tertiary/aromatic N) is 1. The number of hydrogen-bond donors (Lipinski definition) is 1. The molecule has 1 aromatic heterocycles. The molecule has 4 nitrogen and oxygen atoms in total. The summed E-state index contributed by atoms with van der Waals surface area (Å²) in [7, 11) is 0. The van der Waals surface area contributed by atoms with Crippen molar-refractivity contribution >= 4 is 11.6 Å². The molecule has 0 aliphatic heterocycles. The van der Waals surface area contributed by atoms with Crippen molar-refractivity contribution < 1.29 is 22.8 Å². The van der Waals surface area contributed by atoms with Crippen LogP contribution in [0.4, 0.5) is 13.2 Å². The first-order chi connectivity index (χ1) is 7.91. The lowest BCUT2D eigenvalue weighted by atomic mass is 10.1. The highest BCUT2D eigenvalue weighted by Gasteiger charge is 2.41. The molecular formula is C10H11F3N2O2. The summed E-state index contributed by atoms with van der Waals surface area (Å²) in [4.78, 5) is 21.0. The zero-order chi connectivity index (χ0) is 12.9. The molecular weight excluding hydrogens is 237 g/mol. The maximum Gasteiger partial charge on any atom is 0.450 e. The number of carbonyl (C=O) groups is 2. The first-order valence-corrected chi connectivity index (χ1v) is 4.97. The predicted octanol–water partition coefficient (Wildman–Crippen LogP) is 1.90. The van der Waals surface area contributed by atoms with Crippen LogP contribution in [0, 0.1) is 5.92 Å². The van der Waals surface area contributed by atoms with Crippen LogP contribution in [0.5, 0.6) is 0 Å². The second kappa shape index (κ2) is 5.60. The first-order valence-electron chi connectivity index (χ1n) is 4.97. The SMILES string of the molecule is O=C(CC(=O)C(F)(F)F)C1CC1.c1cn[nH]c1. The number of carbonyl (C=O) groups excluding carboxylic acids is 2. The molecule has 0 spiro atoms. The third-order valence-electron chi connectivity index (χ3n) is 2.09. The van der Waals surface area contributed by atoms with E-state index in [1.54, 1.807) is 12.4 Å². The Morgan fingerprint density at radius 2 is 2.00 bits per heavy atom. The summed E-state index contributed by atoms with van der Waals surface area (Å²) < 4.78 is 34.8. The summed E-state index contributed by atoms with van der Waals surface area (Å²) in [5, 5.41) is 6.21. The number of aromatic nitrogens is 2. The average molecular weight is 248 g/mol. The van der Waals surface area contributed by atoms with Gasteiger partial charge in [-0.05, 0) is 18.9 Å². The number of hydrogen-bond acceptors (Lipinski definition) is 3. The van der Waals surface area contributed by atoms with Crippen LogP contribution in [0.3, 0.4) is 0 Å². The molecule has 0 saturated heterocycles. The highest BCUT2D eigenvalue weighted by molar-refractivity contribution is 6.03. The molecule has 1 aromatic rings. The predicted molar refractivity (Wildman–Crippen MR) is 52.0 cm³/mol. The molecule has 1 aliphatic carbocycles. The van der Waals surface area contributed by atoms with E-state index in [4.69, 9.17) is 0 Å². The molecule has 7 heteroatoms. The standard InChI is InChI=1S/C7H7F3O2.C3H4N2/c8-7(9,10)6(12)3-5(11)4-1-2-4;1-2-4-5-3-1/h4H,1-3H2;1-3H,(H,4,5). The fourth-order valence-corrected chi connectivity index (χ4v) is 1.02. The van der Waals surface area contributed by atoms with Crippen LogP contribution in [0.1, 0.15) is 19.3 Å². The quantitative estimate of drug-likeness (QED) is 0.831. The Morgan fingerprint density at radius 1 is 1.35 bits per heavy atom. The molecule has 1 aliphatic rings. The monoisotopic (exact) mass is 248 g/mol. The summed E-state index contributed by atoms with van der Waals surface area (Å²) in [6.45, 7) is 0. The molecule has 1 fully saturated rings. The molecule has 0 unspecified atom stereocenters. The van der Waals surface area contributed by atoms with Gasteiger partial charge in [-0.3, -0.25) is 14.7 Å². The number of aromatic amines is 1. The van der Waals surface area contributed by atoms with Crippen LogP contribution in [-0.4, -0.2) is 27.9 Å². The van der Waals surface area contributed by atoms with E-state index in [0.29, 0.717) is 12.8 Å². The Balaban J connectivity index is 0.000000239. The van der Waals surface area contributed by atoms with E-state index in [2.05, 4.69) is 10.2 Å². The van der Waals surface area contributed by atoms with Gasteiger partial charge in [0.05, 0.1) is 6.42 Å². The Bertz CT molecular complexity index is 352. The van der Waals surface area contributed by atoms with E-state index in [0.717, 1.165) is 0 Å². The molecule has 0 bridgehead atoms. The Morgan fingerprint density at radius 3 is 2.29 bits per heavy atom. The molecule has 0 amide bonds. The van der Waals surface area contributed by atoms with Gasteiger partial charge in [-0.25, -0.2) is 0 Å². The minimum atomic E-state index is -4.86. The third-order valence-corrected chi connectivity index (χ3v) is 2.09. The van der Waals surface area contributed by atoms with Gasteiger partial charge in [0.1, 0.15) is 5.78 Å². The van der Waals surface area contributed by atoms with E-state index >= 15 is 0 Å². The summed E-state index contributed by atoms with van der Waals surface area (Å²) in [6, 6.07) is 1.83. The molecule has 0 atom stereocenters. The molecule has 1 N–H and O–H groups in total. The van der Waals surface area contributed by atoms with Gasteiger partial charge >= 0.3 is 6.18 Å². The topological polar surface area (TPSA) is 62.8 Å². The number of Topliss-reactive ketones (excluding diaryl/α,β-unsaturated/α-hetero) is 2. The highest BCUT2D eigenvalue weighted by atomic mass is 19.4. The van der Waals surface area contributed by atoms with Gasteiger partial charge in [0.25, 0.3) is 0 Å². The lowest BCUT2D eigenvalue weighted by molar-refractivity contribution is -0.171. The van der Waals surface area contributed by atoms with Crippen molar-refractivity contribution in [3.63, 3.8) is 0 Å². The van der Waals surface area contributed by atoms with Gasteiger partial charge in [0.15, 0.2) is 0 Å². The van der Waals surface area contributed by atoms with Gasteiger partial charge in [0, 0.05) is 18.3 Å². The van der Waals surface area contributed by atoms with Crippen LogP contribution >= 0.6 is 0 Å². The van der Waals surface area contributed by atoms with E-state index in [1.807, 2.05) is 6.07 Å². The van der Waals surface area contributed by atoms with Crippen molar-refractivity contribution in [2.75, 3.05) is 0 Å². The minimum absolute atomic E-state index is 0.281. The van der Waals surface area contributed by atoms with Gasteiger partial charge in [-0.15, -0.1) is 0 Å². The Kier molecular flexibility index (Phi) is 4.42. The second-order valence-corrected chi connectivity index (χ2v) is 3.60. The van der Waals surface area contributed by atoms with Gasteiger partial charge in [-0.2, -0.15) is 18.3 Å². The largest absolute Gasteiger partial charge is 0.450 e. The van der Waals surface area contributed by atoms with Crippen molar-refractivity contribution in [2.45, 2.75) is 25.4 Å². The lowest BCUT2D eigenvalue weighted by Crippen LogP contribution is -2.25. The minimum Gasteiger partial charge on any atom is -0.299 e. The molecule has 1 saturated carbocycles. The Hall–Kier alpha value is -1.66. The van der Waals surface area contributed by atoms with Crippen LogP contribution in [0.2, 0.25) is 0 Å². The summed E-state index contributed by atoms with van der Waals surface area (Å²) >= 11 is 0. The number of halogens is 3. The maximum absolute atomic E-state index is 11.6. The zero-order valence-electron chi connectivity index (χ0n) is 8.83. The van der Waals surface area contributed by atoms with Crippen molar-refractivity contribution in [1.82, 2.24) is 10.2 Å². The van der Waals surface area contributed by atoms with Crippen molar-refractivity contribution in [3.8, 4) is 0 Å². The van der Waals surface area contributed by atoms with E-state index < -0.39 is 24.2 Å². The summed E-state index contributed by atoms with van der Waals surface area (Å²) in [6.07, 6.45) is -1.12. The number of alkyl halides is 3. The molecule has 0 aromatic carbocycles. The molecule has 94 valence electrons. The smallest absolute Gasteiger partial charge is 0.299 e. The van der Waals surface area contributed by atoms with Gasteiger partial charge in [-0.1, -0.05) is 0 Å². The zero-order valence-corrected chi connectivity index (χ0v) is 8.83. The Labute approximate surface area is 95.2 Å². The van der Waals surface area contributed by atoms with Crippen LogP contribution in [0.15, 0.2) is 18.5 Å². The normalized spacial score (nSPS) is 14.8. The summed E-state index contributed by atoms with van der Waals surface area (Å²) in [5.41, 5.74) is 0. The average Bonchev–Trinajstić information content (AvgIpc) is 2.91. The van der Waals surface area contributed by atoms with E-state index in [9.17, 15) is 22.8 Å². The van der Waals surface area contributed by atoms with Gasteiger partial charge in [0.2, 0.25) is 5.78 Å². The third kappa shape index (κ3) is 5.28. The van der Waals surface area contributed by atoms with Crippen LogP contribution in [0.25, 0.3) is 0 Å².